The number of carbonyl (C=O) groups excluding carboxylic acids is 1. The third-order valence-corrected chi connectivity index (χ3v) is 2.37. The Balaban J connectivity index is 2.62. The number of hydrogen-bond acceptors (Lipinski definition) is 3. The van der Waals surface area contributed by atoms with Gasteiger partial charge >= 0.3 is 5.69 Å². The first-order chi connectivity index (χ1) is 7.27. The number of aliphatic imine (C=N–C) groups is 1. The van der Waals surface area contributed by atoms with Crippen molar-refractivity contribution in [1.82, 2.24) is 9.38 Å². The second-order valence-corrected chi connectivity index (χ2v) is 3.19. The molecule has 0 fully saturated rings. The van der Waals surface area contributed by atoms with Crippen molar-refractivity contribution in [1.29, 1.82) is 0 Å². The molecule has 2 aromatic heterocycles. The molecule has 0 aliphatic carbocycles. The van der Waals surface area contributed by atoms with Crippen LogP contribution in [0, 0.1) is 0 Å². The normalized spacial score (nSPS) is 14.0. The molecule has 3 heterocycles. The highest BCUT2D eigenvalue weighted by Gasteiger charge is 2.14. The van der Waals surface area contributed by atoms with E-state index in [9.17, 15) is 9.59 Å². The van der Waals surface area contributed by atoms with Crippen LogP contribution < -0.4 is 10.9 Å². The summed E-state index contributed by atoms with van der Waals surface area (Å²) >= 11 is 0. The first-order valence-electron chi connectivity index (χ1n) is 4.36. The summed E-state index contributed by atoms with van der Waals surface area (Å²) in [4.78, 5) is 30.1. The predicted molar refractivity (Wildman–Crippen MR) is 54.0 cm³/mol. The maximum Gasteiger partial charge on any atom is 0.352 e. The van der Waals surface area contributed by atoms with E-state index in [1.54, 1.807) is 12.1 Å². The fourth-order valence-corrected chi connectivity index (χ4v) is 1.69. The van der Waals surface area contributed by atoms with Crippen molar-refractivity contribution in [3.05, 3.63) is 39.7 Å². The van der Waals surface area contributed by atoms with Gasteiger partial charge in [-0.25, -0.2) is 14.8 Å². The second kappa shape index (κ2) is 2.60. The summed E-state index contributed by atoms with van der Waals surface area (Å²) in [5, 5.41) is 0.731. The maximum atomic E-state index is 11.4. The van der Waals surface area contributed by atoms with Gasteiger partial charge in [0.15, 0.2) is 0 Å². The van der Waals surface area contributed by atoms with Crippen LogP contribution in [0.5, 0.6) is 0 Å². The molecule has 0 spiro atoms. The van der Waals surface area contributed by atoms with Gasteiger partial charge in [0.2, 0.25) is 0 Å². The topological polar surface area (TPSA) is 63.8 Å². The minimum atomic E-state index is -0.386. The summed E-state index contributed by atoms with van der Waals surface area (Å²) in [5.41, 5.74) is 0.746. The Bertz CT molecular complexity index is 712. The van der Waals surface area contributed by atoms with Gasteiger partial charge in [-0.05, 0) is 12.1 Å². The van der Waals surface area contributed by atoms with Crippen molar-refractivity contribution in [2.75, 3.05) is 0 Å². The summed E-state index contributed by atoms with van der Waals surface area (Å²) in [5.74, 6) is -0.324. The summed E-state index contributed by atoms with van der Waals surface area (Å²) in [6.45, 7) is 0. The summed E-state index contributed by atoms with van der Waals surface area (Å²) in [6, 6.07) is 1.70. The Morgan fingerprint density at radius 3 is 3.00 bits per heavy atom. The fraction of sp³-hybridized carbons (Fsp3) is 0. The molecule has 1 aliphatic rings. The Morgan fingerprint density at radius 1 is 1.27 bits per heavy atom. The molecule has 5 nitrogen and oxygen atoms in total. The van der Waals surface area contributed by atoms with Crippen molar-refractivity contribution >= 4 is 23.7 Å². The Labute approximate surface area is 83.4 Å². The Kier molecular flexibility index (Phi) is 1.39. The molecule has 0 radical (unpaired) electrons. The lowest BCUT2D eigenvalue weighted by Crippen LogP contribution is -2.17. The van der Waals surface area contributed by atoms with E-state index in [0.717, 1.165) is 5.22 Å². The molecule has 0 aromatic carbocycles. The lowest BCUT2D eigenvalue weighted by Gasteiger charge is -1.93. The number of aromatic nitrogens is 2. The number of nitrogens with zero attached hydrogens (tertiary/aromatic N) is 3. The molecule has 3 rings (SSSR count). The number of amides is 1. The zero-order chi connectivity index (χ0) is 10.4. The minimum Gasteiger partial charge on any atom is -0.267 e. The third kappa shape index (κ3) is 0.969. The summed E-state index contributed by atoms with van der Waals surface area (Å²) in [7, 11) is 0. The minimum absolute atomic E-state index is 0.324. The summed E-state index contributed by atoms with van der Waals surface area (Å²) < 4.78 is 1.35. The molecule has 0 bridgehead atoms. The largest absolute Gasteiger partial charge is 0.352 e. The molecule has 0 saturated heterocycles. The first kappa shape index (κ1) is 8.05. The number of rotatable bonds is 0. The predicted octanol–water partition coefficient (Wildman–Crippen LogP) is -0.582. The monoisotopic (exact) mass is 199 g/mol. The van der Waals surface area contributed by atoms with Crippen LogP contribution in [0.25, 0.3) is 11.6 Å². The molecule has 5 heteroatoms. The van der Waals surface area contributed by atoms with Crippen molar-refractivity contribution in [2.24, 2.45) is 4.99 Å². The lowest BCUT2D eigenvalue weighted by molar-refractivity contribution is 0.100. The van der Waals surface area contributed by atoms with Gasteiger partial charge in [0.05, 0.1) is 11.1 Å². The van der Waals surface area contributed by atoms with Gasteiger partial charge < -0.3 is 0 Å². The smallest absolute Gasteiger partial charge is 0.267 e. The van der Waals surface area contributed by atoms with Gasteiger partial charge in [-0.1, -0.05) is 0 Å². The van der Waals surface area contributed by atoms with Gasteiger partial charge in [-0.3, -0.25) is 9.20 Å². The number of hydrogen-bond donors (Lipinski definition) is 0. The van der Waals surface area contributed by atoms with Crippen LogP contribution in [0.2, 0.25) is 0 Å². The van der Waals surface area contributed by atoms with E-state index in [-0.39, 0.29) is 11.6 Å². The molecule has 1 amide bonds. The SMILES string of the molecule is O=C1N=CC=c2c1cn1c(=O)nccc21. The lowest BCUT2D eigenvalue weighted by atomic mass is 10.2. The van der Waals surface area contributed by atoms with Crippen LogP contribution in [0.3, 0.4) is 0 Å². The van der Waals surface area contributed by atoms with Crippen molar-refractivity contribution in [3.8, 4) is 0 Å². The van der Waals surface area contributed by atoms with Crippen LogP contribution in [0.1, 0.15) is 10.4 Å². The van der Waals surface area contributed by atoms with E-state index < -0.39 is 0 Å². The highest BCUT2D eigenvalue weighted by atomic mass is 16.1. The number of carbonyl (C=O) groups is 1. The molecule has 2 aromatic rings. The molecule has 0 unspecified atom stereocenters. The Hall–Kier alpha value is -2.30. The zero-order valence-electron chi connectivity index (χ0n) is 7.54. The van der Waals surface area contributed by atoms with E-state index in [1.807, 2.05) is 0 Å². The average Bonchev–Trinajstić information content (AvgIpc) is 2.60. The molecule has 1 aliphatic heterocycles. The van der Waals surface area contributed by atoms with Gasteiger partial charge in [-0.15, -0.1) is 0 Å². The summed E-state index contributed by atoms with van der Waals surface area (Å²) in [6.07, 6.45) is 6.07. The van der Waals surface area contributed by atoms with Crippen molar-refractivity contribution < 1.29 is 4.79 Å². The van der Waals surface area contributed by atoms with E-state index in [1.165, 1.54) is 23.0 Å². The molecule has 72 valence electrons. The Morgan fingerprint density at radius 2 is 2.13 bits per heavy atom. The molecule has 15 heavy (non-hydrogen) atoms. The van der Waals surface area contributed by atoms with Crippen LogP contribution >= 0.6 is 0 Å². The van der Waals surface area contributed by atoms with Crippen molar-refractivity contribution in [3.63, 3.8) is 0 Å². The van der Waals surface area contributed by atoms with E-state index in [4.69, 9.17) is 0 Å². The molecular formula is C10H5N3O2. The van der Waals surface area contributed by atoms with Gasteiger partial charge in [0, 0.05) is 23.8 Å². The molecule has 0 saturated carbocycles. The van der Waals surface area contributed by atoms with Crippen molar-refractivity contribution in [2.45, 2.75) is 0 Å². The van der Waals surface area contributed by atoms with Crippen LogP contribution in [-0.2, 0) is 0 Å². The molecule has 0 atom stereocenters. The van der Waals surface area contributed by atoms with Crippen LogP contribution in [0.4, 0.5) is 0 Å². The maximum absolute atomic E-state index is 11.4. The third-order valence-electron chi connectivity index (χ3n) is 2.37. The second-order valence-electron chi connectivity index (χ2n) is 3.19. The van der Waals surface area contributed by atoms with Crippen LogP contribution in [0.15, 0.2) is 28.2 Å². The van der Waals surface area contributed by atoms with Gasteiger partial charge in [0.25, 0.3) is 5.91 Å². The molecule has 0 N–H and O–H groups in total. The first-order valence-corrected chi connectivity index (χ1v) is 4.36. The van der Waals surface area contributed by atoms with Crippen LogP contribution in [-0.4, -0.2) is 21.5 Å². The zero-order valence-corrected chi connectivity index (χ0v) is 7.54. The van der Waals surface area contributed by atoms with E-state index in [0.29, 0.717) is 11.1 Å². The average molecular weight is 199 g/mol. The van der Waals surface area contributed by atoms with Gasteiger partial charge in [0.1, 0.15) is 0 Å². The number of fused-ring (bicyclic) bond motifs is 3. The van der Waals surface area contributed by atoms with E-state index in [2.05, 4.69) is 9.98 Å². The quantitative estimate of drug-likeness (QED) is 0.570. The standard InChI is InChI=1S/C10H5N3O2/c14-9-7-5-13-8(2-4-12-10(13)15)6(7)1-3-11-9/h1-5H. The highest BCUT2D eigenvalue weighted by Crippen LogP contribution is 2.03. The highest BCUT2D eigenvalue weighted by molar-refractivity contribution is 6.10. The fourth-order valence-electron chi connectivity index (χ4n) is 1.69. The van der Waals surface area contributed by atoms with Gasteiger partial charge in [-0.2, -0.15) is 0 Å². The van der Waals surface area contributed by atoms with E-state index >= 15 is 0 Å². The molecular weight excluding hydrogens is 194 g/mol.